The molecule has 0 saturated heterocycles. The van der Waals surface area contributed by atoms with Gasteiger partial charge < -0.3 is 4.42 Å². The summed E-state index contributed by atoms with van der Waals surface area (Å²) in [5.41, 5.74) is 12.1. The zero-order valence-corrected chi connectivity index (χ0v) is 24.9. The van der Waals surface area contributed by atoms with Crippen LogP contribution >= 0.6 is 23.5 Å². The molecule has 6 aromatic carbocycles. The Bertz CT molecular complexity index is 2240. The first-order valence-electron chi connectivity index (χ1n) is 14.3. The molecular weight excluding hydrogens is 549 g/mol. The molecule has 7 aromatic rings. The second kappa shape index (κ2) is 8.91. The van der Waals surface area contributed by atoms with Crippen LogP contribution in [0.25, 0.3) is 55.3 Å². The van der Waals surface area contributed by atoms with Crippen LogP contribution in [0, 0.1) is 0 Å². The maximum Gasteiger partial charge on any atom is 0.143 e. The summed E-state index contributed by atoms with van der Waals surface area (Å²) in [6.45, 7) is 4.74. The van der Waals surface area contributed by atoms with Gasteiger partial charge in [0.1, 0.15) is 11.2 Å². The predicted octanol–water partition coefficient (Wildman–Crippen LogP) is 11.8. The molecule has 2 heterocycles. The number of para-hydroxylation sites is 2. The molecule has 1 nitrogen and oxygen atoms in total. The van der Waals surface area contributed by atoms with Gasteiger partial charge in [0.25, 0.3) is 0 Å². The third-order valence-electron chi connectivity index (χ3n) is 8.94. The van der Waals surface area contributed by atoms with Crippen LogP contribution in [-0.4, -0.2) is 0 Å². The van der Waals surface area contributed by atoms with Crippen molar-refractivity contribution in [3.63, 3.8) is 0 Å². The van der Waals surface area contributed by atoms with Crippen molar-refractivity contribution in [2.45, 2.75) is 38.8 Å². The third-order valence-corrected chi connectivity index (χ3v) is 11.5. The lowest BCUT2D eigenvalue weighted by Gasteiger charge is -2.24. The largest absolute Gasteiger partial charge is 0.455 e. The Kier molecular flexibility index (Phi) is 5.18. The van der Waals surface area contributed by atoms with E-state index in [0.29, 0.717) is 0 Å². The molecule has 0 bridgehead atoms. The third kappa shape index (κ3) is 3.54. The molecule has 1 aliphatic heterocycles. The minimum atomic E-state index is -0.0425. The Balaban J connectivity index is 1.16. The molecule has 0 saturated carbocycles. The minimum Gasteiger partial charge on any atom is -0.455 e. The first kappa shape index (κ1) is 24.4. The molecule has 0 amide bonds. The van der Waals surface area contributed by atoms with Gasteiger partial charge in [0.2, 0.25) is 0 Å². The highest BCUT2D eigenvalue weighted by Crippen LogP contribution is 2.56. The fourth-order valence-electron chi connectivity index (χ4n) is 6.79. The van der Waals surface area contributed by atoms with Crippen molar-refractivity contribution in [1.29, 1.82) is 0 Å². The predicted molar refractivity (Wildman–Crippen MR) is 177 cm³/mol. The quantitative estimate of drug-likeness (QED) is 0.204. The smallest absolute Gasteiger partial charge is 0.143 e. The molecule has 9 rings (SSSR count). The molecule has 0 atom stereocenters. The van der Waals surface area contributed by atoms with Crippen LogP contribution < -0.4 is 0 Å². The second-order valence-electron chi connectivity index (χ2n) is 11.7. The Morgan fingerprint density at radius 1 is 0.476 bits per heavy atom. The monoisotopic (exact) mass is 574 g/mol. The van der Waals surface area contributed by atoms with Crippen LogP contribution in [-0.2, 0) is 5.41 Å². The van der Waals surface area contributed by atoms with Crippen molar-refractivity contribution in [1.82, 2.24) is 0 Å². The van der Waals surface area contributed by atoms with Gasteiger partial charge in [-0.15, -0.1) is 0 Å². The maximum absolute atomic E-state index is 6.37. The van der Waals surface area contributed by atoms with Gasteiger partial charge in [0.15, 0.2) is 0 Å². The summed E-state index contributed by atoms with van der Waals surface area (Å²) in [6.07, 6.45) is 0. The first-order chi connectivity index (χ1) is 20.5. The van der Waals surface area contributed by atoms with Crippen molar-refractivity contribution in [2.75, 3.05) is 0 Å². The summed E-state index contributed by atoms with van der Waals surface area (Å²) in [5, 5.41) is 2.32. The zero-order valence-electron chi connectivity index (χ0n) is 23.3. The molecule has 0 spiro atoms. The second-order valence-corrected chi connectivity index (χ2v) is 13.9. The summed E-state index contributed by atoms with van der Waals surface area (Å²) in [7, 11) is 0. The fourth-order valence-corrected chi connectivity index (χ4v) is 9.07. The van der Waals surface area contributed by atoms with Crippen molar-refractivity contribution >= 4 is 45.5 Å². The highest BCUT2D eigenvalue weighted by Gasteiger charge is 2.37. The summed E-state index contributed by atoms with van der Waals surface area (Å²) in [4.78, 5) is 5.42. The van der Waals surface area contributed by atoms with Crippen LogP contribution in [0.3, 0.4) is 0 Å². The summed E-state index contributed by atoms with van der Waals surface area (Å²) in [6, 6.07) is 44.3. The Hall–Kier alpha value is -4.18. The normalized spacial score (nSPS) is 14.4. The van der Waals surface area contributed by atoms with Crippen LogP contribution in [0.4, 0.5) is 0 Å². The zero-order chi connectivity index (χ0) is 28.0. The Morgan fingerprint density at radius 3 is 2.00 bits per heavy atom. The molecular formula is C39H26OS2. The highest BCUT2D eigenvalue weighted by molar-refractivity contribution is 8.05. The fraction of sp³-hybridized carbons (Fsp3) is 0.0769. The summed E-state index contributed by atoms with van der Waals surface area (Å²) in [5.74, 6) is 0. The van der Waals surface area contributed by atoms with E-state index in [2.05, 4.69) is 123 Å². The lowest BCUT2D eigenvalue weighted by atomic mass is 9.82. The lowest BCUT2D eigenvalue weighted by molar-refractivity contribution is 0.657. The van der Waals surface area contributed by atoms with E-state index in [0.717, 1.165) is 27.5 Å². The number of furan rings is 1. The highest BCUT2D eigenvalue weighted by atomic mass is 32.2. The van der Waals surface area contributed by atoms with E-state index in [9.17, 15) is 0 Å². The van der Waals surface area contributed by atoms with E-state index in [1.54, 1.807) is 0 Å². The van der Waals surface area contributed by atoms with Gasteiger partial charge in [-0.3, -0.25) is 0 Å². The van der Waals surface area contributed by atoms with Gasteiger partial charge in [-0.25, -0.2) is 0 Å². The Morgan fingerprint density at radius 2 is 1.14 bits per heavy atom. The van der Waals surface area contributed by atoms with E-state index in [-0.39, 0.29) is 5.41 Å². The van der Waals surface area contributed by atoms with Gasteiger partial charge >= 0.3 is 0 Å². The molecule has 2 aliphatic rings. The maximum atomic E-state index is 6.37. The average Bonchev–Trinajstić information content (AvgIpc) is 3.51. The molecule has 0 unspecified atom stereocenters. The molecule has 42 heavy (non-hydrogen) atoms. The minimum absolute atomic E-state index is 0.0425. The van der Waals surface area contributed by atoms with E-state index in [1.165, 1.54) is 58.5 Å². The summed E-state index contributed by atoms with van der Waals surface area (Å²) >= 11 is 3.80. The topological polar surface area (TPSA) is 13.1 Å². The summed E-state index contributed by atoms with van der Waals surface area (Å²) < 4.78 is 6.37. The molecule has 1 aromatic heterocycles. The molecule has 0 radical (unpaired) electrons. The van der Waals surface area contributed by atoms with Gasteiger partial charge in [-0.2, -0.15) is 0 Å². The van der Waals surface area contributed by atoms with E-state index in [4.69, 9.17) is 4.42 Å². The van der Waals surface area contributed by atoms with E-state index >= 15 is 0 Å². The molecule has 0 fully saturated rings. The van der Waals surface area contributed by atoms with Crippen molar-refractivity contribution in [3.8, 4) is 33.4 Å². The van der Waals surface area contributed by atoms with Gasteiger partial charge in [0.05, 0.1) is 0 Å². The van der Waals surface area contributed by atoms with Gasteiger partial charge in [-0.05, 0) is 81.4 Å². The number of hydrogen-bond donors (Lipinski definition) is 0. The van der Waals surface area contributed by atoms with Crippen LogP contribution in [0.15, 0.2) is 145 Å². The number of hydrogen-bond acceptors (Lipinski definition) is 3. The number of rotatable bonds is 2. The average molecular weight is 575 g/mol. The molecule has 200 valence electrons. The van der Waals surface area contributed by atoms with Crippen molar-refractivity contribution < 1.29 is 4.42 Å². The van der Waals surface area contributed by atoms with Crippen molar-refractivity contribution in [2.24, 2.45) is 0 Å². The number of fused-ring (bicyclic) bond motifs is 8. The molecule has 1 aliphatic carbocycles. The Labute approximate surface area is 253 Å². The molecule has 3 heteroatoms. The van der Waals surface area contributed by atoms with Crippen LogP contribution in [0.5, 0.6) is 0 Å². The van der Waals surface area contributed by atoms with Crippen LogP contribution in [0.2, 0.25) is 0 Å². The van der Waals surface area contributed by atoms with Gasteiger partial charge in [0, 0.05) is 41.3 Å². The lowest BCUT2D eigenvalue weighted by Crippen LogP contribution is -2.15. The number of benzene rings is 6. The first-order valence-corrected chi connectivity index (χ1v) is 16.0. The van der Waals surface area contributed by atoms with Gasteiger partial charge in [-0.1, -0.05) is 116 Å². The van der Waals surface area contributed by atoms with E-state index in [1.807, 2.05) is 35.7 Å². The molecule has 0 N–H and O–H groups in total. The van der Waals surface area contributed by atoms with Crippen LogP contribution in [0.1, 0.15) is 25.0 Å². The van der Waals surface area contributed by atoms with E-state index < -0.39 is 0 Å². The SMILES string of the molecule is CC1(C)c2ccc(-c3cccc(-c4cccc5c4oc4ccccc45)c3)cc2-c2cc3c(cc21)Sc1ccccc1S3. The van der Waals surface area contributed by atoms with Crippen molar-refractivity contribution in [3.05, 3.63) is 132 Å². The standard InChI is InChI=1S/C39H26OS2/c1-39(2)31-18-17-24(20-29(31)30-21-36-37(22-32(30)39)42-35-16-6-5-15-34(35)41-36)23-9-7-10-25(19-23)26-12-8-13-28-27-11-3-4-14-33(27)40-38(26)28/h3-22H,1-2H3.